The first kappa shape index (κ1) is 15.6. The summed E-state index contributed by atoms with van der Waals surface area (Å²) in [7, 11) is 1.90. The number of anilines is 1. The van der Waals surface area contributed by atoms with E-state index in [1.165, 1.54) is 0 Å². The molecular weight excluding hydrogens is 274 g/mol. The number of rotatable bonds is 4. The summed E-state index contributed by atoms with van der Waals surface area (Å²) in [5.74, 6) is -0.387. The van der Waals surface area contributed by atoms with Crippen LogP contribution in [0.5, 0.6) is 0 Å². The highest BCUT2D eigenvalue weighted by Crippen LogP contribution is 2.17. The largest absolute Gasteiger partial charge is 0.348 e. The molecule has 0 unspecified atom stereocenters. The molecule has 2 rings (SSSR count). The van der Waals surface area contributed by atoms with Gasteiger partial charge in [-0.15, -0.1) is 0 Å². The van der Waals surface area contributed by atoms with E-state index in [9.17, 15) is 10.1 Å². The molecular formula is C18H19N3O. The number of amides is 1. The lowest BCUT2D eigenvalue weighted by Crippen LogP contribution is -2.14. The average Bonchev–Trinajstić information content (AvgIpc) is 2.84. The quantitative estimate of drug-likeness (QED) is 0.693. The molecule has 112 valence electrons. The molecule has 0 saturated heterocycles. The summed E-state index contributed by atoms with van der Waals surface area (Å²) in [6, 6.07) is 13.4. The number of carbonyl (C=O) groups excluding carboxylic acids is 1. The normalized spacial score (nSPS) is 11.1. The number of aryl methyl sites for hydroxylation is 2. The molecule has 4 heteroatoms. The Kier molecular flexibility index (Phi) is 4.80. The smallest absolute Gasteiger partial charge is 0.266 e. The van der Waals surface area contributed by atoms with E-state index in [0.29, 0.717) is 0 Å². The Morgan fingerprint density at radius 1 is 1.32 bits per heavy atom. The molecule has 0 aliphatic heterocycles. The maximum absolute atomic E-state index is 12.3. The van der Waals surface area contributed by atoms with E-state index in [1.54, 1.807) is 6.08 Å². The van der Waals surface area contributed by atoms with Crippen molar-refractivity contribution in [2.24, 2.45) is 7.05 Å². The maximum Gasteiger partial charge on any atom is 0.266 e. The van der Waals surface area contributed by atoms with Crippen molar-refractivity contribution in [3.63, 3.8) is 0 Å². The van der Waals surface area contributed by atoms with Gasteiger partial charge in [0, 0.05) is 24.1 Å². The van der Waals surface area contributed by atoms with Crippen LogP contribution in [0, 0.1) is 18.3 Å². The molecule has 1 N–H and O–H groups in total. The number of hydrogen-bond donors (Lipinski definition) is 1. The second-order valence-electron chi connectivity index (χ2n) is 5.09. The van der Waals surface area contributed by atoms with E-state index in [0.717, 1.165) is 29.1 Å². The van der Waals surface area contributed by atoms with Gasteiger partial charge in [0.05, 0.1) is 0 Å². The summed E-state index contributed by atoms with van der Waals surface area (Å²) >= 11 is 0. The second-order valence-corrected chi connectivity index (χ2v) is 5.09. The van der Waals surface area contributed by atoms with Gasteiger partial charge in [0.2, 0.25) is 0 Å². The highest BCUT2D eigenvalue weighted by Gasteiger charge is 2.12. The number of hydrogen-bond acceptors (Lipinski definition) is 2. The van der Waals surface area contributed by atoms with E-state index in [-0.39, 0.29) is 11.5 Å². The summed E-state index contributed by atoms with van der Waals surface area (Å²) in [4.78, 5) is 12.3. The van der Waals surface area contributed by atoms with Gasteiger partial charge in [-0.3, -0.25) is 4.79 Å². The molecule has 0 fully saturated rings. The van der Waals surface area contributed by atoms with Crippen LogP contribution in [0.4, 0.5) is 5.69 Å². The first-order valence-corrected chi connectivity index (χ1v) is 7.20. The highest BCUT2D eigenvalue weighted by atomic mass is 16.1. The van der Waals surface area contributed by atoms with Gasteiger partial charge in [-0.2, -0.15) is 5.26 Å². The molecule has 0 bridgehead atoms. The Morgan fingerprint density at radius 3 is 2.64 bits per heavy atom. The number of aromatic nitrogens is 1. The molecule has 4 nitrogen and oxygen atoms in total. The van der Waals surface area contributed by atoms with Crippen molar-refractivity contribution < 1.29 is 4.79 Å². The molecule has 0 saturated carbocycles. The summed E-state index contributed by atoms with van der Waals surface area (Å²) in [6.45, 7) is 4.00. The summed E-state index contributed by atoms with van der Waals surface area (Å²) < 4.78 is 1.94. The molecule has 0 aliphatic carbocycles. The van der Waals surface area contributed by atoms with Crippen LogP contribution in [-0.2, 0) is 18.3 Å². The molecule has 2 aromatic rings. The summed E-state index contributed by atoms with van der Waals surface area (Å²) in [6.07, 6.45) is 2.43. The lowest BCUT2D eigenvalue weighted by Gasteiger charge is -2.09. The van der Waals surface area contributed by atoms with Crippen LogP contribution in [0.3, 0.4) is 0 Å². The Morgan fingerprint density at radius 2 is 2.05 bits per heavy atom. The van der Waals surface area contributed by atoms with Crippen molar-refractivity contribution in [3.05, 3.63) is 58.9 Å². The van der Waals surface area contributed by atoms with Crippen molar-refractivity contribution in [2.45, 2.75) is 20.3 Å². The molecule has 0 atom stereocenters. The van der Waals surface area contributed by atoms with Gasteiger partial charge in [0.15, 0.2) is 0 Å². The third kappa shape index (κ3) is 3.26. The van der Waals surface area contributed by atoms with E-state index >= 15 is 0 Å². The Hall–Kier alpha value is -2.80. The molecule has 1 aromatic heterocycles. The van der Waals surface area contributed by atoms with Crippen molar-refractivity contribution in [1.29, 1.82) is 5.26 Å². The van der Waals surface area contributed by atoms with Gasteiger partial charge in [-0.05, 0) is 43.2 Å². The zero-order valence-corrected chi connectivity index (χ0v) is 13.1. The van der Waals surface area contributed by atoms with Crippen LogP contribution in [0.1, 0.15) is 23.9 Å². The first-order chi connectivity index (χ1) is 10.6. The average molecular weight is 293 g/mol. The van der Waals surface area contributed by atoms with E-state index in [1.807, 2.05) is 67.9 Å². The fourth-order valence-electron chi connectivity index (χ4n) is 2.21. The minimum Gasteiger partial charge on any atom is -0.348 e. The van der Waals surface area contributed by atoms with Crippen molar-refractivity contribution in [2.75, 3.05) is 5.32 Å². The first-order valence-electron chi connectivity index (χ1n) is 7.20. The highest BCUT2D eigenvalue weighted by molar-refractivity contribution is 6.09. The van der Waals surface area contributed by atoms with E-state index < -0.39 is 0 Å². The van der Waals surface area contributed by atoms with Crippen molar-refractivity contribution in [3.8, 4) is 6.07 Å². The third-order valence-electron chi connectivity index (χ3n) is 3.72. The van der Waals surface area contributed by atoms with Gasteiger partial charge in [0.25, 0.3) is 5.91 Å². The molecule has 1 aromatic carbocycles. The van der Waals surface area contributed by atoms with E-state index in [4.69, 9.17) is 0 Å². The monoisotopic (exact) mass is 293 g/mol. The minimum absolute atomic E-state index is 0.0899. The lowest BCUT2D eigenvalue weighted by molar-refractivity contribution is -0.112. The van der Waals surface area contributed by atoms with Crippen LogP contribution in [0.25, 0.3) is 6.08 Å². The van der Waals surface area contributed by atoms with Gasteiger partial charge in [0.1, 0.15) is 11.6 Å². The molecule has 22 heavy (non-hydrogen) atoms. The standard InChI is InChI=1S/C18H19N3O/c1-4-14-7-5-6-8-17(14)20-18(22)15(12-19)11-16-10-9-13(2)21(16)3/h5-11H,4H2,1-3H3,(H,20,22)/b15-11-. The zero-order chi connectivity index (χ0) is 16.1. The number of para-hydroxylation sites is 1. The van der Waals surface area contributed by atoms with Gasteiger partial charge >= 0.3 is 0 Å². The predicted octanol–water partition coefficient (Wildman–Crippen LogP) is 3.44. The lowest BCUT2D eigenvalue weighted by atomic mass is 10.1. The Labute approximate surface area is 130 Å². The number of benzene rings is 1. The topological polar surface area (TPSA) is 57.8 Å². The number of nitrogens with one attached hydrogen (secondary N) is 1. The Bertz CT molecular complexity index is 763. The minimum atomic E-state index is -0.387. The number of nitriles is 1. The van der Waals surface area contributed by atoms with Crippen LogP contribution < -0.4 is 5.32 Å². The molecule has 0 aliphatic rings. The fourth-order valence-corrected chi connectivity index (χ4v) is 2.21. The second kappa shape index (κ2) is 6.77. The number of nitrogens with zero attached hydrogens (tertiary/aromatic N) is 2. The van der Waals surface area contributed by atoms with Crippen molar-refractivity contribution >= 4 is 17.7 Å². The molecule has 0 radical (unpaired) electrons. The molecule has 1 amide bonds. The summed E-state index contributed by atoms with van der Waals surface area (Å²) in [5, 5.41) is 12.1. The predicted molar refractivity (Wildman–Crippen MR) is 88.2 cm³/mol. The maximum atomic E-state index is 12.3. The SMILES string of the molecule is CCc1ccccc1NC(=O)/C(C#N)=C\c1ccc(C)n1C. The number of carbonyl (C=O) groups is 1. The molecule has 0 spiro atoms. The third-order valence-corrected chi connectivity index (χ3v) is 3.72. The Balaban J connectivity index is 2.27. The van der Waals surface area contributed by atoms with E-state index in [2.05, 4.69) is 5.32 Å². The van der Waals surface area contributed by atoms with Crippen molar-refractivity contribution in [1.82, 2.24) is 4.57 Å². The van der Waals surface area contributed by atoms with Gasteiger partial charge in [-0.1, -0.05) is 25.1 Å². The molecule has 1 heterocycles. The van der Waals surface area contributed by atoms with Crippen LogP contribution >= 0.6 is 0 Å². The summed E-state index contributed by atoms with van der Waals surface area (Å²) in [5.41, 5.74) is 3.78. The van der Waals surface area contributed by atoms with Gasteiger partial charge < -0.3 is 9.88 Å². The zero-order valence-electron chi connectivity index (χ0n) is 13.1. The van der Waals surface area contributed by atoms with Gasteiger partial charge in [-0.25, -0.2) is 0 Å². The van der Waals surface area contributed by atoms with Crippen LogP contribution in [-0.4, -0.2) is 10.5 Å². The van der Waals surface area contributed by atoms with Crippen LogP contribution in [0.2, 0.25) is 0 Å². The van der Waals surface area contributed by atoms with Crippen LogP contribution in [0.15, 0.2) is 42.0 Å². The fraction of sp³-hybridized carbons (Fsp3) is 0.222.